The lowest BCUT2D eigenvalue weighted by Crippen LogP contribution is -2.15. The molecule has 0 amide bonds. The Labute approximate surface area is 97.5 Å². The summed E-state index contributed by atoms with van der Waals surface area (Å²) in [6, 6.07) is 2.42. The SMILES string of the molecule is COc1cc(C(N)c2ccncc2F)ncn1. The van der Waals surface area contributed by atoms with E-state index >= 15 is 0 Å². The van der Waals surface area contributed by atoms with Crippen LogP contribution in [0.3, 0.4) is 0 Å². The Morgan fingerprint density at radius 3 is 2.94 bits per heavy atom. The zero-order valence-electron chi connectivity index (χ0n) is 9.17. The fraction of sp³-hybridized carbons (Fsp3) is 0.182. The first-order chi connectivity index (χ1) is 8.22. The van der Waals surface area contributed by atoms with Gasteiger partial charge < -0.3 is 10.5 Å². The van der Waals surface area contributed by atoms with Crippen LogP contribution in [0.4, 0.5) is 4.39 Å². The van der Waals surface area contributed by atoms with E-state index in [0.717, 1.165) is 6.20 Å². The number of aromatic nitrogens is 3. The van der Waals surface area contributed by atoms with E-state index in [9.17, 15) is 4.39 Å². The van der Waals surface area contributed by atoms with E-state index in [1.165, 1.54) is 25.7 Å². The van der Waals surface area contributed by atoms with Crippen LogP contribution in [-0.4, -0.2) is 22.1 Å². The van der Waals surface area contributed by atoms with E-state index in [1.54, 1.807) is 6.07 Å². The molecule has 1 unspecified atom stereocenters. The molecule has 2 aromatic rings. The number of ether oxygens (including phenoxy) is 1. The highest BCUT2D eigenvalue weighted by atomic mass is 19.1. The zero-order valence-corrected chi connectivity index (χ0v) is 9.17. The van der Waals surface area contributed by atoms with Gasteiger partial charge in [-0.1, -0.05) is 0 Å². The molecular formula is C11H11FN4O. The minimum atomic E-state index is -0.671. The van der Waals surface area contributed by atoms with Crippen LogP contribution in [0.15, 0.2) is 30.9 Å². The van der Waals surface area contributed by atoms with Gasteiger partial charge in [0.15, 0.2) is 0 Å². The molecule has 0 aliphatic heterocycles. The van der Waals surface area contributed by atoms with E-state index in [-0.39, 0.29) is 0 Å². The average molecular weight is 234 g/mol. The summed E-state index contributed by atoms with van der Waals surface area (Å²) in [6.07, 6.45) is 3.93. The summed E-state index contributed by atoms with van der Waals surface area (Å²) in [5.41, 5.74) is 6.75. The molecule has 0 saturated heterocycles. The van der Waals surface area contributed by atoms with Gasteiger partial charge in [-0.2, -0.15) is 0 Å². The summed E-state index contributed by atoms with van der Waals surface area (Å²) in [5, 5.41) is 0. The fourth-order valence-electron chi connectivity index (χ4n) is 1.43. The molecular weight excluding hydrogens is 223 g/mol. The van der Waals surface area contributed by atoms with E-state index in [0.29, 0.717) is 17.1 Å². The number of pyridine rings is 1. The summed E-state index contributed by atoms with van der Waals surface area (Å²) in [4.78, 5) is 11.5. The van der Waals surface area contributed by atoms with Crippen molar-refractivity contribution in [2.24, 2.45) is 5.73 Å². The molecule has 0 saturated carbocycles. The van der Waals surface area contributed by atoms with Crippen LogP contribution in [0.5, 0.6) is 5.88 Å². The second-order valence-corrected chi connectivity index (χ2v) is 3.36. The van der Waals surface area contributed by atoms with E-state index in [4.69, 9.17) is 10.5 Å². The number of methoxy groups -OCH3 is 1. The van der Waals surface area contributed by atoms with Crippen molar-refractivity contribution in [2.45, 2.75) is 6.04 Å². The minimum Gasteiger partial charge on any atom is -0.481 e. The Bertz CT molecular complexity index is 520. The summed E-state index contributed by atoms with van der Waals surface area (Å²) < 4.78 is 18.4. The number of rotatable bonds is 3. The number of nitrogens with two attached hydrogens (primary N) is 1. The first-order valence-corrected chi connectivity index (χ1v) is 4.93. The van der Waals surface area contributed by atoms with Crippen molar-refractivity contribution in [3.63, 3.8) is 0 Å². The van der Waals surface area contributed by atoms with Crippen molar-refractivity contribution in [1.29, 1.82) is 0 Å². The Hall–Kier alpha value is -2.08. The van der Waals surface area contributed by atoms with Crippen LogP contribution in [-0.2, 0) is 0 Å². The third-order valence-corrected chi connectivity index (χ3v) is 2.33. The molecule has 2 heterocycles. The molecule has 2 aromatic heterocycles. The molecule has 0 aliphatic carbocycles. The van der Waals surface area contributed by atoms with Crippen molar-refractivity contribution < 1.29 is 9.13 Å². The highest BCUT2D eigenvalue weighted by molar-refractivity contribution is 5.28. The Morgan fingerprint density at radius 1 is 1.41 bits per heavy atom. The van der Waals surface area contributed by atoms with Gasteiger partial charge in [0.1, 0.15) is 12.1 Å². The molecule has 0 spiro atoms. The van der Waals surface area contributed by atoms with Gasteiger partial charge in [-0.15, -0.1) is 0 Å². The fourth-order valence-corrected chi connectivity index (χ4v) is 1.43. The molecule has 88 valence electrons. The lowest BCUT2D eigenvalue weighted by atomic mass is 10.1. The number of halogens is 1. The molecule has 2 N–H and O–H groups in total. The van der Waals surface area contributed by atoms with Gasteiger partial charge in [-0.05, 0) is 6.07 Å². The normalized spacial score (nSPS) is 12.2. The third kappa shape index (κ3) is 2.36. The highest BCUT2D eigenvalue weighted by Gasteiger charge is 2.15. The maximum absolute atomic E-state index is 13.5. The van der Waals surface area contributed by atoms with Crippen LogP contribution in [0.25, 0.3) is 0 Å². The van der Waals surface area contributed by atoms with Crippen molar-refractivity contribution in [3.05, 3.63) is 47.9 Å². The zero-order chi connectivity index (χ0) is 12.3. The van der Waals surface area contributed by atoms with E-state index in [2.05, 4.69) is 15.0 Å². The molecule has 5 nitrogen and oxygen atoms in total. The molecule has 0 fully saturated rings. The first-order valence-electron chi connectivity index (χ1n) is 4.93. The summed E-state index contributed by atoms with van der Waals surface area (Å²) >= 11 is 0. The number of hydrogen-bond acceptors (Lipinski definition) is 5. The first kappa shape index (κ1) is 11.4. The van der Waals surface area contributed by atoms with Crippen molar-refractivity contribution in [2.75, 3.05) is 7.11 Å². The predicted octanol–water partition coefficient (Wildman–Crippen LogP) is 1.07. The van der Waals surface area contributed by atoms with Gasteiger partial charge in [0.25, 0.3) is 0 Å². The minimum absolute atomic E-state index is 0.334. The van der Waals surface area contributed by atoms with Gasteiger partial charge in [-0.25, -0.2) is 14.4 Å². The molecule has 0 radical (unpaired) electrons. The van der Waals surface area contributed by atoms with Crippen molar-refractivity contribution in [3.8, 4) is 5.88 Å². The Balaban J connectivity index is 2.37. The molecule has 0 bridgehead atoms. The Kier molecular flexibility index (Phi) is 3.24. The second-order valence-electron chi connectivity index (χ2n) is 3.36. The maximum Gasteiger partial charge on any atom is 0.216 e. The highest BCUT2D eigenvalue weighted by Crippen LogP contribution is 2.21. The van der Waals surface area contributed by atoms with Gasteiger partial charge in [0, 0.05) is 17.8 Å². The van der Waals surface area contributed by atoms with Crippen LogP contribution in [0.1, 0.15) is 17.3 Å². The summed E-state index contributed by atoms with van der Waals surface area (Å²) in [5.74, 6) is -0.0718. The molecule has 6 heteroatoms. The van der Waals surface area contributed by atoms with Gasteiger partial charge in [-0.3, -0.25) is 4.98 Å². The van der Waals surface area contributed by atoms with Crippen molar-refractivity contribution in [1.82, 2.24) is 15.0 Å². The summed E-state index contributed by atoms with van der Waals surface area (Å²) in [7, 11) is 1.49. The smallest absolute Gasteiger partial charge is 0.216 e. The van der Waals surface area contributed by atoms with E-state index < -0.39 is 11.9 Å². The lowest BCUT2D eigenvalue weighted by molar-refractivity contribution is 0.395. The molecule has 17 heavy (non-hydrogen) atoms. The molecule has 0 aliphatic rings. The number of nitrogens with zero attached hydrogens (tertiary/aromatic N) is 3. The summed E-state index contributed by atoms with van der Waals surface area (Å²) in [6.45, 7) is 0. The standard InChI is InChI=1S/C11H11FN4O/c1-17-10-4-9(15-6-16-10)11(13)7-2-3-14-5-8(7)12/h2-6,11H,13H2,1H3. The molecule has 1 atom stereocenters. The molecule has 2 rings (SSSR count). The monoisotopic (exact) mass is 234 g/mol. The quantitative estimate of drug-likeness (QED) is 0.859. The predicted molar refractivity (Wildman–Crippen MR) is 58.8 cm³/mol. The van der Waals surface area contributed by atoms with Crippen molar-refractivity contribution >= 4 is 0 Å². The van der Waals surface area contributed by atoms with Crippen LogP contribution in [0, 0.1) is 5.82 Å². The molecule has 0 aromatic carbocycles. The average Bonchev–Trinajstić information content (AvgIpc) is 2.38. The number of hydrogen-bond donors (Lipinski definition) is 1. The van der Waals surface area contributed by atoms with E-state index in [1.807, 2.05) is 0 Å². The Morgan fingerprint density at radius 2 is 2.24 bits per heavy atom. The van der Waals surface area contributed by atoms with Gasteiger partial charge in [0.05, 0.1) is 25.0 Å². The lowest BCUT2D eigenvalue weighted by Gasteiger charge is -2.12. The van der Waals surface area contributed by atoms with Gasteiger partial charge in [0.2, 0.25) is 5.88 Å². The second kappa shape index (κ2) is 4.84. The van der Waals surface area contributed by atoms with Gasteiger partial charge >= 0.3 is 0 Å². The maximum atomic E-state index is 13.5. The topological polar surface area (TPSA) is 73.9 Å². The third-order valence-electron chi connectivity index (χ3n) is 2.33. The largest absolute Gasteiger partial charge is 0.481 e. The van der Waals surface area contributed by atoms with Crippen LogP contribution >= 0.6 is 0 Å². The van der Waals surface area contributed by atoms with Crippen LogP contribution in [0.2, 0.25) is 0 Å². The van der Waals surface area contributed by atoms with Crippen LogP contribution < -0.4 is 10.5 Å².